The lowest BCUT2D eigenvalue weighted by Gasteiger charge is -2.10. The van der Waals surface area contributed by atoms with Crippen LogP contribution in [-0.4, -0.2) is 17.0 Å². The average molecular weight is 460 g/mol. The normalized spacial score (nSPS) is 11.5. The van der Waals surface area contributed by atoms with E-state index in [1.165, 1.54) is 0 Å². The van der Waals surface area contributed by atoms with E-state index in [0.717, 1.165) is 22.1 Å². The summed E-state index contributed by atoms with van der Waals surface area (Å²) in [4.78, 5) is 8.87. The second kappa shape index (κ2) is 9.83. The predicted octanol–water partition coefficient (Wildman–Crippen LogP) is 4.60. The molecular formula is C17H25IN4OS. The molecule has 1 aromatic carbocycles. The van der Waals surface area contributed by atoms with E-state index in [2.05, 4.69) is 29.1 Å². The van der Waals surface area contributed by atoms with Crippen LogP contribution in [0.2, 0.25) is 0 Å². The number of anilines is 1. The minimum atomic E-state index is 0. The van der Waals surface area contributed by atoms with Crippen molar-refractivity contribution >= 4 is 47.0 Å². The molecular weight excluding hydrogens is 435 g/mol. The molecule has 132 valence electrons. The van der Waals surface area contributed by atoms with Crippen LogP contribution in [0.1, 0.15) is 44.3 Å². The molecule has 0 saturated heterocycles. The van der Waals surface area contributed by atoms with Gasteiger partial charge >= 0.3 is 0 Å². The third kappa shape index (κ3) is 6.64. The highest BCUT2D eigenvalue weighted by Crippen LogP contribution is 2.20. The van der Waals surface area contributed by atoms with Crippen LogP contribution in [0.25, 0.3) is 0 Å². The number of nitrogens with zero attached hydrogens (tertiary/aromatic N) is 2. The first-order chi connectivity index (χ1) is 10.9. The number of hydrogen-bond donors (Lipinski definition) is 2. The third-order valence-electron chi connectivity index (χ3n) is 2.97. The van der Waals surface area contributed by atoms with Crippen LogP contribution in [0.5, 0.6) is 5.75 Å². The van der Waals surface area contributed by atoms with Crippen LogP contribution in [0, 0.1) is 0 Å². The number of thiazole rings is 1. The molecule has 0 fully saturated rings. The molecule has 0 bridgehead atoms. The van der Waals surface area contributed by atoms with Gasteiger partial charge in [-0.1, -0.05) is 13.8 Å². The smallest absolute Gasteiger partial charge is 0.193 e. The van der Waals surface area contributed by atoms with Gasteiger partial charge < -0.3 is 15.8 Å². The highest BCUT2D eigenvalue weighted by molar-refractivity contribution is 14.0. The number of aliphatic imine (C=N–C) groups is 1. The zero-order valence-electron chi connectivity index (χ0n) is 14.4. The molecule has 0 amide bonds. The van der Waals surface area contributed by atoms with Crippen molar-refractivity contribution in [2.24, 2.45) is 10.7 Å². The molecule has 7 heteroatoms. The molecule has 24 heavy (non-hydrogen) atoms. The first kappa shape index (κ1) is 20.7. The fourth-order valence-electron chi connectivity index (χ4n) is 1.90. The van der Waals surface area contributed by atoms with Crippen molar-refractivity contribution in [3.8, 4) is 5.75 Å². The quantitative estimate of drug-likeness (QED) is 0.376. The van der Waals surface area contributed by atoms with Crippen molar-refractivity contribution in [3.05, 3.63) is 40.3 Å². The second-order valence-electron chi connectivity index (χ2n) is 5.85. The summed E-state index contributed by atoms with van der Waals surface area (Å²) in [5, 5.41) is 6.23. The van der Waals surface area contributed by atoms with Gasteiger partial charge in [0.05, 0.1) is 23.4 Å². The van der Waals surface area contributed by atoms with Crippen molar-refractivity contribution in [2.45, 2.75) is 46.3 Å². The van der Waals surface area contributed by atoms with Gasteiger partial charge in [0.2, 0.25) is 0 Å². The summed E-state index contributed by atoms with van der Waals surface area (Å²) in [5.41, 5.74) is 7.75. The van der Waals surface area contributed by atoms with Crippen LogP contribution >= 0.6 is 35.3 Å². The highest BCUT2D eigenvalue weighted by Gasteiger charge is 2.05. The predicted molar refractivity (Wildman–Crippen MR) is 113 cm³/mol. The summed E-state index contributed by atoms with van der Waals surface area (Å²) in [7, 11) is 0. The van der Waals surface area contributed by atoms with Gasteiger partial charge in [-0.25, -0.2) is 9.98 Å². The van der Waals surface area contributed by atoms with Gasteiger partial charge in [-0.3, -0.25) is 0 Å². The Morgan fingerprint density at radius 2 is 1.92 bits per heavy atom. The Hall–Kier alpha value is -1.35. The lowest BCUT2D eigenvalue weighted by atomic mass is 10.2. The molecule has 2 aromatic rings. The average Bonchev–Trinajstić information content (AvgIpc) is 2.96. The number of benzene rings is 1. The van der Waals surface area contributed by atoms with E-state index in [1.807, 2.05) is 43.5 Å². The van der Waals surface area contributed by atoms with Crippen LogP contribution in [0.4, 0.5) is 5.69 Å². The van der Waals surface area contributed by atoms with Crippen molar-refractivity contribution < 1.29 is 4.74 Å². The van der Waals surface area contributed by atoms with Gasteiger partial charge in [-0.05, 0) is 38.1 Å². The van der Waals surface area contributed by atoms with Crippen LogP contribution < -0.4 is 15.8 Å². The van der Waals surface area contributed by atoms with Gasteiger partial charge in [0.15, 0.2) is 5.96 Å². The highest BCUT2D eigenvalue weighted by atomic mass is 127. The molecule has 1 heterocycles. The number of nitrogens with two attached hydrogens (primary N) is 1. The van der Waals surface area contributed by atoms with Crippen molar-refractivity contribution in [1.82, 2.24) is 4.98 Å². The fraction of sp³-hybridized carbons (Fsp3) is 0.412. The van der Waals surface area contributed by atoms with Gasteiger partial charge in [-0.15, -0.1) is 35.3 Å². The van der Waals surface area contributed by atoms with E-state index in [-0.39, 0.29) is 30.1 Å². The van der Waals surface area contributed by atoms with Crippen LogP contribution in [0.3, 0.4) is 0 Å². The Bertz CT molecular complexity index is 653. The van der Waals surface area contributed by atoms with Crippen molar-refractivity contribution in [3.63, 3.8) is 0 Å². The topological polar surface area (TPSA) is 72.5 Å². The number of ether oxygens (including phenoxy) is 1. The van der Waals surface area contributed by atoms with Crippen molar-refractivity contribution in [1.29, 1.82) is 0 Å². The maximum atomic E-state index is 5.92. The number of guanidine groups is 1. The molecule has 0 aliphatic rings. The van der Waals surface area contributed by atoms with Gasteiger partial charge in [0, 0.05) is 17.0 Å². The van der Waals surface area contributed by atoms with E-state index in [9.17, 15) is 0 Å². The van der Waals surface area contributed by atoms with Crippen LogP contribution in [0.15, 0.2) is 34.6 Å². The summed E-state index contributed by atoms with van der Waals surface area (Å²) >= 11 is 1.66. The number of halogens is 1. The number of aromatic nitrogens is 1. The first-order valence-electron chi connectivity index (χ1n) is 7.72. The molecule has 2 rings (SSSR count). The van der Waals surface area contributed by atoms with E-state index in [0.29, 0.717) is 18.4 Å². The Labute approximate surface area is 164 Å². The zero-order valence-corrected chi connectivity index (χ0v) is 17.6. The molecule has 0 saturated carbocycles. The Morgan fingerprint density at radius 3 is 2.46 bits per heavy atom. The summed E-state index contributed by atoms with van der Waals surface area (Å²) in [6.07, 6.45) is 0.161. The van der Waals surface area contributed by atoms with Gasteiger partial charge in [-0.2, -0.15) is 0 Å². The number of hydrogen-bond acceptors (Lipinski definition) is 4. The minimum absolute atomic E-state index is 0. The zero-order chi connectivity index (χ0) is 16.8. The summed E-state index contributed by atoms with van der Waals surface area (Å²) in [6.45, 7) is 8.75. The maximum Gasteiger partial charge on any atom is 0.193 e. The Morgan fingerprint density at radius 1 is 1.25 bits per heavy atom. The standard InChI is InChI=1S/C17H24N4OS.HI/c1-11(2)16-20-14(10-23-16)9-19-17(18)21-13-5-7-15(8-6-13)22-12(3)4;/h5-8,10-12H,9H2,1-4H3,(H3,18,19,21);1H. The molecule has 0 spiro atoms. The number of rotatable bonds is 6. The molecule has 3 N–H and O–H groups in total. The lowest BCUT2D eigenvalue weighted by Crippen LogP contribution is -2.22. The summed E-state index contributed by atoms with van der Waals surface area (Å²) < 4.78 is 5.60. The summed E-state index contributed by atoms with van der Waals surface area (Å²) in [6, 6.07) is 7.65. The maximum absolute atomic E-state index is 5.92. The second-order valence-corrected chi connectivity index (χ2v) is 6.74. The van der Waals surface area contributed by atoms with Gasteiger partial charge in [0.25, 0.3) is 0 Å². The van der Waals surface area contributed by atoms with Crippen molar-refractivity contribution in [2.75, 3.05) is 5.32 Å². The van der Waals surface area contributed by atoms with E-state index in [4.69, 9.17) is 10.5 Å². The molecule has 1 aromatic heterocycles. The van der Waals surface area contributed by atoms with Crippen LogP contribution in [-0.2, 0) is 6.54 Å². The van der Waals surface area contributed by atoms with E-state index >= 15 is 0 Å². The van der Waals surface area contributed by atoms with E-state index < -0.39 is 0 Å². The largest absolute Gasteiger partial charge is 0.491 e. The minimum Gasteiger partial charge on any atom is -0.491 e. The molecule has 0 aliphatic heterocycles. The Kier molecular flexibility index (Phi) is 8.47. The SMILES string of the molecule is CC(C)Oc1ccc(NC(N)=NCc2csc(C(C)C)n2)cc1.I. The molecule has 0 aliphatic carbocycles. The lowest BCUT2D eigenvalue weighted by molar-refractivity contribution is 0.242. The Balaban J connectivity index is 0.00000288. The third-order valence-corrected chi connectivity index (χ3v) is 4.17. The molecule has 0 atom stereocenters. The molecule has 5 nitrogen and oxygen atoms in total. The first-order valence-corrected chi connectivity index (χ1v) is 8.60. The fourth-order valence-corrected chi connectivity index (χ4v) is 2.73. The monoisotopic (exact) mass is 460 g/mol. The van der Waals surface area contributed by atoms with Gasteiger partial charge in [0.1, 0.15) is 5.75 Å². The number of nitrogens with one attached hydrogen (secondary N) is 1. The molecule has 0 radical (unpaired) electrons. The van der Waals surface area contributed by atoms with E-state index in [1.54, 1.807) is 11.3 Å². The molecule has 0 unspecified atom stereocenters. The summed E-state index contributed by atoms with van der Waals surface area (Å²) in [5.74, 6) is 1.66.